The van der Waals surface area contributed by atoms with Crippen LogP contribution in [0.5, 0.6) is 0 Å². The van der Waals surface area contributed by atoms with Gasteiger partial charge in [-0.15, -0.1) is 0 Å². The van der Waals surface area contributed by atoms with Crippen molar-refractivity contribution in [2.24, 2.45) is 5.92 Å². The van der Waals surface area contributed by atoms with Crippen molar-refractivity contribution in [3.8, 4) is 5.69 Å². The van der Waals surface area contributed by atoms with Gasteiger partial charge in [-0.1, -0.05) is 6.07 Å². The number of likely N-dealkylation sites (tertiary alicyclic amines) is 1. The van der Waals surface area contributed by atoms with Gasteiger partial charge in [0.05, 0.1) is 13.2 Å². The summed E-state index contributed by atoms with van der Waals surface area (Å²) in [4.78, 5) is 15.0. The molecule has 5 nitrogen and oxygen atoms in total. The lowest BCUT2D eigenvalue weighted by atomic mass is 9.96. The van der Waals surface area contributed by atoms with Crippen molar-refractivity contribution in [1.82, 2.24) is 9.47 Å². The molecule has 2 aliphatic rings. The molecule has 0 saturated carbocycles. The van der Waals surface area contributed by atoms with Crippen molar-refractivity contribution in [3.63, 3.8) is 0 Å². The minimum Gasteiger partial charge on any atom is -0.350 e. The van der Waals surface area contributed by atoms with Crippen LogP contribution < -0.4 is 0 Å². The van der Waals surface area contributed by atoms with E-state index in [-0.39, 0.29) is 12.2 Å². The second-order valence-electron chi connectivity index (χ2n) is 6.48. The standard InChI is InChI=1S/C19H21IN2O3/c20-15-3-1-4-16(13-15)22-8-2-5-17(22)18(23)21-9-6-14(7-10-21)19-24-11-12-25-19/h1-5,8,13-14,19H,6-7,9-12H2. The van der Waals surface area contributed by atoms with Gasteiger partial charge in [-0.25, -0.2) is 0 Å². The van der Waals surface area contributed by atoms with Crippen molar-refractivity contribution in [1.29, 1.82) is 0 Å². The van der Waals surface area contributed by atoms with Crippen LogP contribution in [0.3, 0.4) is 0 Å². The normalized spacial score (nSPS) is 19.5. The van der Waals surface area contributed by atoms with Crippen LogP contribution in [0.4, 0.5) is 0 Å². The van der Waals surface area contributed by atoms with Crippen molar-refractivity contribution >= 4 is 28.5 Å². The molecule has 1 aromatic carbocycles. The molecule has 1 amide bonds. The van der Waals surface area contributed by atoms with Crippen LogP contribution in [-0.2, 0) is 9.47 Å². The topological polar surface area (TPSA) is 43.7 Å². The first-order valence-electron chi connectivity index (χ1n) is 8.68. The molecule has 4 rings (SSSR count). The lowest BCUT2D eigenvalue weighted by molar-refractivity contribution is -0.0956. The zero-order valence-electron chi connectivity index (χ0n) is 13.9. The number of benzene rings is 1. The first-order chi connectivity index (χ1) is 12.2. The van der Waals surface area contributed by atoms with Gasteiger partial charge in [0, 0.05) is 34.5 Å². The SMILES string of the molecule is O=C(c1cccn1-c1cccc(I)c1)N1CCC(C2OCCO2)CC1. The summed E-state index contributed by atoms with van der Waals surface area (Å²) < 4.78 is 14.4. The van der Waals surface area contributed by atoms with Crippen LogP contribution in [0, 0.1) is 9.49 Å². The van der Waals surface area contributed by atoms with Crippen molar-refractivity contribution in [3.05, 3.63) is 51.9 Å². The molecule has 2 aliphatic heterocycles. The van der Waals surface area contributed by atoms with Crippen LogP contribution in [0.2, 0.25) is 0 Å². The highest BCUT2D eigenvalue weighted by Crippen LogP contribution is 2.27. The van der Waals surface area contributed by atoms with E-state index in [0.29, 0.717) is 24.8 Å². The van der Waals surface area contributed by atoms with Crippen molar-refractivity contribution in [2.75, 3.05) is 26.3 Å². The summed E-state index contributed by atoms with van der Waals surface area (Å²) in [5.74, 6) is 0.490. The Bertz CT molecular complexity index is 747. The quantitative estimate of drug-likeness (QED) is 0.672. The molecule has 0 N–H and O–H groups in total. The maximum atomic E-state index is 13.0. The van der Waals surface area contributed by atoms with Gasteiger partial charge in [-0.3, -0.25) is 4.79 Å². The number of nitrogens with zero attached hydrogens (tertiary/aromatic N) is 2. The van der Waals surface area contributed by atoms with E-state index in [4.69, 9.17) is 9.47 Å². The molecule has 0 bridgehead atoms. The number of ether oxygens (including phenoxy) is 2. The number of halogens is 1. The molecule has 132 valence electrons. The number of rotatable bonds is 3. The third-order valence-electron chi connectivity index (χ3n) is 4.91. The molecular formula is C19H21IN2O3. The Kier molecular flexibility index (Phi) is 5.10. The van der Waals surface area contributed by atoms with Gasteiger partial charge < -0.3 is 18.9 Å². The van der Waals surface area contributed by atoms with E-state index < -0.39 is 0 Å². The molecular weight excluding hydrogens is 431 g/mol. The first kappa shape index (κ1) is 17.1. The number of hydrogen-bond acceptors (Lipinski definition) is 3. The zero-order valence-corrected chi connectivity index (χ0v) is 16.1. The van der Waals surface area contributed by atoms with Gasteiger partial charge in [-0.2, -0.15) is 0 Å². The Labute approximate surface area is 161 Å². The van der Waals surface area contributed by atoms with E-state index in [1.54, 1.807) is 0 Å². The van der Waals surface area contributed by atoms with Gasteiger partial charge >= 0.3 is 0 Å². The molecule has 0 atom stereocenters. The number of carbonyl (C=O) groups excluding carboxylic acids is 1. The van der Waals surface area contributed by atoms with E-state index in [2.05, 4.69) is 28.7 Å². The van der Waals surface area contributed by atoms with E-state index in [1.165, 1.54) is 0 Å². The maximum absolute atomic E-state index is 13.0. The molecule has 0 unspecified atom stereocenters. The summed E-state index contributed by atoms with van der Waals surface area (Å²) in [6.07, 6.45) is 3.74. The average Bonchev–Trinajstić information content (AvgIpc) is 3.33. The molecule has 0 spiro atoms. The Hall–Kier alpha value is -1.38. The third kappa shape index (κ3) is 3.61. The molecule has 2 aromatic rings. The predicted octanol–water partition coefficient (Wildman–Crippen LogP) is 3.31. The van der Waals surface area contributed by atoms with Crippen LogP contribution in [0.25, 0.3) is 5.69 Å². The fourth-order valence-electron chi connectivity index (χ4n) is 3.59. The van der Waals surface area contributed by atoms with Gasteiger partial charge in [0.25, 0.3) is 5.91 Å². The number of hydrogen-bond donors (Lipinski definition) is 0. The second kappa shape index (κ2) is 7.47. The Morgan fingerprint density at radius 2 is 1.84 bits per heavy atom. The number of piperidine rings is 1. The fraction of sp³-hybridized carbons (Fsp3) is 0.421. The summed E-state index contributed by atoms with van der Waals surface area (Å²) in [5, 5.41) is 0. The number of aromatic nitrogens is 1. The average molecular weight is 452 g/mol. The molecule has 0 radical (unpaired) electrons. The molecule has 6 heteroatoms. The predicted molar refractivity (Wildman–Crippen MR) is 103 cm³/mol. The second-order valence-corrected chi connectivity index (χ2v) is 7.73. The molecule has 1 aromatic heterocycles. The third-order valence-corrected chi connectivity index (χ3v) is 5.58. The Morgan fingerprint density at radius 1 is 1.08 bits per heavy atom. The largest absolute Gasteiger partial charge is 0.350 e. The summed E-state index contributed by atoms with van der Waals surface area (Å²) >= 11 is 2.29. The Balaban J connectivity index is 1.46. The molecule has 2 fully saturated rings. The highest BCUT2D eigenvalue weighted by molar-refractivity contribution is 14.1. The highest BCUT2D eigenvalue weighted by Gasteiger charge is 2.32. The summed E-state index contributed by atoms with van der Waals surface area (Å²) in [5.41, 5.74) is 1.73. The highest BCUT2D eigenvalue weighted by atomic mass is 127. The van der Waals surface area contributed by atoms with E-state index in [0.717, 1.165) is 35.2 Å². The van der Waals surface area contributed by atoms with Crippen molar-refractivity contribution < 1.29 is 14.3 Å². The van der Waals surface area contributed by atoms with Gasteiger partial charge in [-0.05, 0) is 65.8 Å². The van der Waals surface area contributed by atoms with Crippen LogP contribution in [-0.4, -0.2) is 48.0 Å². The van der Waals surface area contributed by atoms with Gasteiger partial charge in [0.1, 0.15) is 5.69 Å². The Morgan fingerprint density at radius 3 is 2.56 bits per heavy atom. The summed E-state index contributed by atoms with van der Waals surface area (Å²) in [6.45, 7) is 2.88. The molecule has 3 heterocycles. The van der Waals surface area contributed by atoms with Crippen LogP contribution in [0.15, 0.2) is 42.6 Å². The fourth-order valence-corrected chi connectivity index (χ4v) is 4.12. The van der Waals surface area contributed by atoms with E-state index >= 15 is 0 Å². The van der Waals surface area contributed by atoms with E-state index in [9.17, 15) is 4.79 Å². The van der Waals surface area contributed by atoms with Gasteiger partial charge in [0.15, 0.2) is 6.29 Å². The maximum Gasteiger partial charge on any atom is 0.270 e. The summed E-state index contributed by atoms with van der Waals surface area (Å²) in [7, 11) is 0. The first-order valence-corrected chi connectivity index (χ1v) is 9.76. The van der Waals surface area contributed by atoms with Gasteiger partial charge in [0.2, 0.25) is 0 Å². The molecule has 2 saturated heterocycles. The van der Waals surface area contributed by atoms with Crippen LogP contribution >= 0.6 is 22.6 Å². The number of amides is 1. The van der Waals surface area contributed by atoms with E-state index in [1.807, 2.05) is 46.0 Å². The summed E-state index contributed by atoms with van der Waals surface area (Å²) in [6, 6.07) is 12.0. The lowest BCUT2D eigenvalue weighted by Crippen LogP contribution is -2.42. The monoisotopic (exact) mass is 452 g/mol. The zero-order chi connectivity index (χ0) is 17.2. The molecule has 0 aliphatic carbocycles. The molecule has 25 heavy (non-hydrogen) atoms. The van der Waals surface area contributed by atoms with Crippen LogP contribution in [0.1, 0.15) is 23.3 Å². The van der Waals surface area contributed by atoms with Crippen molar-refractivity contribution in [2.45, 2.75) is 19.1 Å². The number of carbonyl (C=O) groups is 1. The lowest BCUT2D eigenvalue weighted by Gasteiger charge is -2.34. The smallest absolute Gasteiger partial charge is 0.270 e. The minimum absolute atomic E-state index is 0.0764. The minimum atomic E-state index is -0.0764.